The second-order valence-corrected chi connectivity index (χ2v) is 5.73. The fraction of sp³-hybridized carbons (Fsp3) is 0.733. The number of hydrogen-bond donors (Lipinski definition) is 2. The van der Waals surface area contributed by atoms with Crippen LogP contribution in [0.3, 0.4) is 0 Å². The summed E-state index contributed by atoms with van der Waals surface area (Å²) in [6.45, 7) is 13.1. The van der Waals surface area contributed by atoms with E-state index in [0.717, 1.165) is 25.3 Å². The van der Waals surface area contributed by atoms with E-state index in [1.807, 2.05) is 6.07 Å². The lowest BCUT2D eigenvalue weighted by molar-refractivity contribution is 0.304. The molecule has 1 rings (SSSR count). The van der Waals surface area contributed by atoms with Crippen LogP contribution in [0.5, 0.6) is 0 Å². The monoisotopic (exact) mass is 264 g/mol. The summed E-state index contributed by atoms with van der Waals surface area (Å²) >= 11 is 0. The Morgan fingerprint density at radius 3 is 2.37 bits per heavy atom. The van der Waals surface area contributed by atoms with Gasteiger partial charge in [-0.25, -0.2) is 4.98 Å². The number of aromatic nitrogens is 2. The molecule has 0 radical (unpaired) electrons. The Bertz CT molecular complexity index is 355. The van der Waals surface area contributed by atoms with Crippen LogP contribution in [-0.2, 0) is 0 Å². The van der Waals surface area contributed by atoms with Gasteiger partial charge in [-0.15, -0.1) is 0 Å². The van der Waals surface area contributed by atoms with Gasteiger partial charge in [0.1, 0.15) is 5.82 Å². The van der Waals surface area contributed by atoms with Gasteiger partial charge in [-0.05, 0) is 30.2 Å². The second kappa shape index (κ2) is 7.97. The molecular formula is C15H28N4. The molecule has 4 nitrogen and oxygen atoms in total. The molecule has 19 heavy (non-hydrogen) atoms. The molecule has 108 valence electrons. The summed E-state index contributed by atoms with van der Waals surface area (Å²) in [4.78, 5) is 8.68. The van der Waals surface area contributed by atoms with E-state index < -0.39 is 0 Å². The number of anilines is 2. The predicted molar refractivity (Wildman–Crippen MR) is 82.5 cm³/mol. The standard InChI is InChI=1S/C15H28N4/c1-6-8-16-15-17-9-7-14(19-15)18-10-13(11(2)3)12(4)5/h7,9,11-13H,6,8,10H2,1-5H3,(H2,16,17,18,19). The summed E-state index contributed by atoms with van der Waals surface area (Å²) in [5.74, 6) is 3.61. The summed E-state index contributed by atoms with van der Waals surface area (Å²) in [5, 5.41) is 6.64. The van der Waals surface area contributed by atoms with Crippen LogP contribution in [0.2, 0.25) is 0 Å². The number of nitrogens with one attached hydrogen (secondary N) is 2. The third kappa shape index (κ3) is 5.45. The molecular weight excluding hydrogens is 236 g/mol. The molecule has 0 amide bonds. The highest BCUT2D eigenvalue weighted by Crippen LogP contribution is 2.21. The molecule has 0 aliphatic carbocycles. The van der Waals surface area contributed by atoms with Gasteiger partial charge in [0.2, 0.25) is 5.95 Å². The van der Waals surface area contributed by atoms with Crippen LogP contribution in [0.1, 0.15) is 41.0 Å². The molecule has 1 aromatic rings. The highest BCUT2D eigenvalue weighted by Gasteiger charge is 2.17. The molecule has 0 atom stereocenters. The largest absolute Gasteiger partial charge is 0.370 e. The van der Waals surface area contributed by atoms with Gasteiger partial charge in [-0.3, -0.25) is 0 Å². The smallest absolute Gasteiger partial charge is 0.224 e. The van der Waals surface area contributed by atoms with E-state index in [0.29, 0.717) is 23.7 Å². The van der Waals surface area contributed by atoms with E-state index in [4.69, 9.17) is 0 Å². The van der Waals surface area contributed by atoms with Crippen molar-refractivity contribution in [2.24, 2.45) is 17.8 Å². The van der Waals surface area contributed by atoms with Crippen molar-refractivity contribution in [3.63, 3.8) is 0 Å². The maximum atomic E-state index is 4.47. The van der Waals surface area contributed by atoms with Gasteiger partial charge in [0.15, 0.2) is 0 Å². The summed E-state index contributed by atoms with van der Waals surface area (Å²) in [6.07, 6.45) is 2.87. The zero-order valence-electron chi connectivity index (χ0n) is 12.9. The van der Waals surface area contributed by atoms with Crippen molar-refractivity contribution in [3.8, 4) is 0 Å². The molecule has 4 heteroatoms. The molecule has 0 aromatic carbocycles. The van der Waals surface area contributed by atoms with Crippen molar-refractivity contribution in [3.05, 3.63) is 12.3 Å². The van der Waals surface area contributed by atoms with E-state index >= 15 is 0 Å². The van der Waals surface area contributed by atoms with Crippen molar-refractivity contribution in [2.75, 3.05) is 23.7 Å². The van der Waals surface area contributed by atoms with E-state index in [-0.39, 0.29) is 0 Å². The van der Waals surface area contributed by atoms with Gasteiger partial charge in [0, 0.05) is 19.3 Å². The highest BCUT2D eigenvalue weighted by atomic mass is 15.1. The fourth-order valence-corrected chi connectivity index (χ4v) is 2.24. The zero-order valence-corrected chi connectivity index (χ0v) is 12.9. The average molecular weight is 264 g/mol. The Kier molecular flexibility index (Phi) is 6.60. The number of hydrogen-bond acceptors (Lipinski definition) is 4. The Morgan fingerprint density at radius 2 is 1.79 bits per heavy atom. The lowest BCUT2D eigenvalue weighted by Crippen LogP contribution is -2.25. The maximum Gasteiger partial charge on any atom is 0.224 e. The SMILES string of the molecule is CCCNc1nccc(NCC(C(C)C)C(C)C)n1. The first-order valence-corrected chi connectivity index (χ1v) is 7.35. The Balaban J connectivity index is 2.56. The normalized spacial score (nSPS) is 11.4. The quantitative estimate of drug-likeness (QED) is 0.752. The van der Waals surface area contributed by atoms with Gasteiger partial charge < -0.3 is 10.6 Å². The van der Waals surface area contributed by atoms with Gasteiger partial charge in [-0.2, -0.15) is 4.98 Å². The van der Waals surface area contributed by atoms with Crippen LogP contribution in [-0.4, -0.2) is 23.1 Å². The van der Waals surface area contributed by atoms with Crippen LogP contribution in [0.25, 0.3) is 0 Å². The molecule has 0 saturated heterocycles. The summed E-state index contributed by atoms with van der Waals surface area (Å²) in [5.41, 5.74) is 0. The Labute approximate surface area is 117 Å². The molecule has 2 N–H and O–H groups in total. The van der Waals surface area contributed by atoms with Crippen LogP contribution < -0.4 is 10.6 Å². The lowest BCUT2D eigenvalue weighted by atomic mass is 9.85. The topological polar surface area (TPSA) is 49.8 Å². The summed E-state index contributed by atoms with van der Waals surface area (Å²) in [6, 6.07) is 1.93. The first kappa shape index (κ1) is 15.7. The summed E-state index contributed by atoms with van der Waals surface area (Å²) < 4.78 is 0. The van der Waals surface area contributed by atoms with E-state index in [1.165, 1.54) is 0 Å². The molecule has 1 heterocycles. The van der Waals surface area contributed by atoms with Gasteiger partial charge in [0.05, 0.1) is 0 Å². The van der Waals surface area contributed by atoms with Crippen LogP contribution in [0.4, 0.5) is 11.8 Å². The van der Waals surface area contributed by atoms with Crippen LogP contribution in [0, 0.1) is 17.8 Å². The molecule has 1 aromatic heterocycles. The Hall–Kier alpha value is -1.32. The van der Waals surface area contributed by atoms with Gasteiger partial charge in [-0.1, -0.05) is 34.6 Å². The molecule has 0 fully saturated rings. The van der Waals surface area contributed by atoms with Crippen molar-refractivity contribution in [1.29, 1.82) is 0 Å². The van der Waals surface area contributed by atoms with Crippen molar-refractivity contribution >= 4 is 11.8 Å². The fourth-order valence-electron chi connectivity index (χ4n) is 2.24. The third-order valence-corrected chi connectivity index (χ3v) is 3.42. The average Bonchev–Trinajstić information content (AvgIpc) is 2.36. The minimum Gasteiger partial charge on any atom is -0.370 e. The maximum absolute atomic E-state index is 4.47. The number of rotatable bonds is 8. The minimum absolute atomic E-state index is 0.655. The van der Waals surface area contributed by atoms with Crippen molar-refractivity contribution in [2.45, 2.75) is 41.0 Å². The Morgan fingerprint density at radius 1 is 1.11 bits per heavy atom. The predicted octanol–water partition coefficient (Wildman–Crippen LogP) is 3.64. The first-order chi connectivity index (χ1) is 9.04. The molecule has 0 bridgehead atoms. The molecule has 0 saturated carbocycles. The number of nitrogens with zero attached hydrogens (tertiary/aromatic N) is 2. The van der Waals surface area contributed by atoms with Crippen LogP contribution in [0.15, 0.2) is 12.3 Å². The molecule has 0 aliphatic rings. The van der Waals surface area contributed by atoms with Gasteiger partial charge >= 0.3 is 0 Å². The first-order valence-electron chi connectivity index (χ1n) is 7.35. The summed E-state index contributed by atoms with van der Waals surface area (Å²) in [7, 11) is 0. The van der Waals surface area contributed by atoms with E-state index in [9.17, 15) is 0 Å². The highest BCUT2D eigenvalue weighted by molar-refractivity contribution is 5.39. The minimum atomic E-state index is 0.655. The van der Waals surface area contributed by atoms with Gasteiger partial charge in [0.25, 0.3) is 0 Å². The zero-order chi connectivity index (χ0) is 14.3. The lowest BCUT2D eigenvalue weighted by Gasteiger charge is -2.25. The molecule has 0 aliphatic heterocycles. The second-order valence-electron chi connectivity index (χ2n) is 5.73. The molecule has 0 unspecified atom stereocenters. The van der Waals surface area contributed by atoms with Crippen molar-refractivity contribution in [1.82, 2.24) is 9.97 Å². The van der Waals surface area contributed by atoms with Crippen molar-refractivity contribution < 1.29 is 0 Å². The van der Waals surface area contributed by atoms with E-state index in [2.05, 4.69) is 55.2 Å². The van der Waals surface area contributed by atoms with Crippen LogP contribution >= 0.6 is 0 Å². The molecule has 0 spiro atoms. The van der Waals surface area contributed by atoms with E-state index in [1.54, 1.807) is 6.20 Å². The third-order valence-electron chi connectivity index (χ3n) is 3.42.